The molecule has 2 saturated heterocycles. The van der Waals surface area contributed by atoms with Crippen molar-refractivity contribution >= 4 is 5.91 Å². The summed E-state index contributed by atoms with van der Waals surface area (Å²) in [6.07, 6.45) is 3.89. The lowest BCUT2D eigenvalue weighted by molar-refractivity contribution is -0.127. The number of aliphatic hydroxyl groups is 2. The van der Waals surface area contributed by atoms with Crippen LogP contribution in [0, 0.1) is 0 Å². The molecule has 1 amide bonds. The monoisotopic (exact) mass is 256 g/mol. The molecule has 104 valence electrons. The van der Waals surface area contributed by atoms with Gasteiger partial charge in [-0.1, -0.05) is 0 Å². The van der Waals surface area contributed by atoms with Gasteiger partial charge in [0, 0.05) is 32.6 Å². The number of nitrogens with zero attached hydrogens (tertiary/aromatic N) is 2. The molecule has 0 radical (unpaired) electrons. The molecule has 18 heavy (non-hydrogen) atoms. The number of likely N-dealkylation sites (tertiary alicyclic amines) is 2. The Labute approximate surface area is 108 Å². The van der Waals surface area contributed by atoms with Crippen molar-refractivity contribution in [1.82, 2.24) is 9.80 Å². The minimum atomic E-state index is -0.891. The molecule has 5 nitrogen and oxygen atoms in total. The maximum atomic E-state index is 11.5. The highest BCUT2D eigenvalue weighted by Gasteiger charge is 2.29. The summed E-state index contributed by atoms with van der Waals surface area (Å²) in [5.41, 5.74) is -0.891. The molecule has 0 aromatic rings. The molecule has 5 heteroatoms. The quantitative estimate of drug-likeness (QED) is 0.732. The zero-order valence-corrected chi connectivity index (χ0v) is 11.0. The Hall–Kier alpha value is -0.650. The van der Waals surface area contributed by atoms with Crippen LogP contribution in [0.4, 0.5) is 0 Å². The van der Waals surface area contributed by atoms with Gasteiger partial charge >= 0.3 is 0 Å². The third-order valence-electron chi connectivity index (χ3n) is 4.16. The van der Waals surface area contributed by atoms with E-state index >= 15 is 0 Å². The van der Waals surface area contributed by atoms with Gasteiger partial charge in [-0.2, -0.15) is 0 Å². The van der Waals surface area contributed by atoms with Crippen LogP contribution in [0.15, 0.2) is 0 Å². The molecule has 1 atom stereocenters. The van der Waals surface area contributed by atoms with Crippen molar-refractivity contribution < 1.29 is 15.0 Å². The molecule has 0 saturated carbocycles. The van der Waals surface area contributed by atoms with E-state index in [0.717, 1.165) is 45.6 Å². The van der Waals surface area contributed by atoms with E-state index in [1.807, 2.05) is 4.90 Å². The maximum Gasteiger partial charge on any atom is 0.222 e. The second kappa shape index (κ2) is 5.99. The molecule has 0 aromatic carbocycles. The Morgan fingerprint density at radius 1 is 1.11 bits per heavy atom. The molecule has 1 unspecified atom stereocenters. The van der Waals surface area contributed by atoms with Crippen molar-refractivity contribution in [1.29, 1.82) is 0 Å². The first-order chi connectivity index (χ1) is 8.63. The van der Waals surface area contributed by atoms with Crippen LogP contribution in [-0.2, 0) is 4.79 Å². The van der Waals surface area contributed by atoms with E-state index < -0.39 is 5.60 Å². The van der Waals surface area contributed by atoms with Crippen molar-refractivity contribution in [2.75, 3.05) is 39.3 Å². The average molecular weight is 256 g/mol. The summed E-state index contributed by atoms with van der Waals surface area (Å²) in [7, 11) is 0. The maximum absolute atomic E-state index is 11.5. The molecular weight excluding hydrogens is 232 g/mol. The average Bonchev–Trinajstić information content (AvgIpc) is 2.67. The van der Waals surface area contributed by atoms with Crippen LogP contribution in [0.2, 0.25) is 0 Å². The van der Waals surface area contributed by atoms with E-state index in [0.29, 0.717) is 19.3 Å². The lowest BCUT2D eigenvalue weighted by Gasteiger charge is -2.25. The number of carbonyl (C=O) groups excluding carboxylic acids is 1. The normalized spacial score (nSPS) is 30.8. The Kier molecular flexibility index (Phi) is 4.59. The first kappa shape index (κ1) is 13.8. The number of rotatable bonds is 4. The highest BCUT2D eigenvalue weighted by molar-refractivity contribution is 5.78. The van der Waals surface area contributed by atoms with E-state index in [9.17, 15) is 15.0 Å². The number of hydrogen-bond donors (Lipinski definition) is 2. The lowest BCUT2D eigenvalue weighted by atomic mass is 9.96. The summed E-state index contributed by atoms with van der Waals surface area (Å²) in [4.78, 5) is 15.7. The zero-order chi connectivity index (χ0) is 13.0. The van der Waals surface area contributed by atoms with Crippen LogP contribution >= 0.6 is 0 Å². The Bertz CT molecular complexity index is 298. The fraction of sp³-hybridized carbons (Fsp3) is 0.923. The van der Waals surface area contributed by atoms with Crippen LogP contribution in [0.1, 0.15) is 32.1 Å². The number of carbonyl (C=O) groups is 1. The molecular formula is C13H24N2O3. The highest BCUT2D eigenvalue weighted by Crippen LogP contribution is 2.21. The minimum Gasteiger partial charge on any atom is -0.393 e. The van der Waals surface area contributed by atoms with Gasteiger partial charge in [0.1, 0.15) is 0 Å². The third kappa shape index (κ3) is 3.43. The van der Waals surface area contributed by atoms with Crippen LogP contribution in [0.3, 0.4) is 0 Å². The topological polar surface area (TPSA) is 64.0 Å². The van der Waals surface area contributed by atoms with Crippen LogP contribution in [-0.4, -0.2) is 70.9 Å². The highest BCUT2D eigenvalue weighted by atomic mass is 16.3. The first-order valence-electron chi connectivity index (χ1n) is 6.96. The van der Waals surface area contributed by atoms with E-state index in [-0.39, 0.29) is 12.5 Å². The minimum absolute atomic E-state index is 0.147. The summed E-state index contributed by atoms with van der Waals surface area (Å²) < 4.78 is 0. The van der Waals surface area contributed by atoms with E-state index in [2.05, 4.69) is 4.90 Å². The van der Waals surface area contributed by atoms with Crippen molar-refractivity contribution in [3.8, 4) is 0 Å². The van der Waals surface area contributed by atoms with Gasteiger partial charge in [-0.15, -0.1) is 0 Å². The fourth-order valence-electron chi connectivity index (χ4n) is 2.82. The molecule has 2 N–H and O–H groups in total. The Morgan fingerprint density at radius 3 is 2.61 bits per heavy atom. The van der Waals surface area contributed by atoms with Gasteiger partial charge in [-0.3, -0.25) is 4.79 Å². The van der Waals surface area contributed by atoms with E-state index in [4.69, 9.17) is 0 Å². The van der Waals surface area contributed by atoms with Gasteiger partial charge in [0.2, 0.25) is 5.91 Å². The molecule has 0 spiro atoms. The summed E-state index contributed by atoms with van der Waals surface area (Å²) in [5, 5.41) is 19.2. The van der Waals surface area contributed by atoms with Gasteiger partial charge in [0.15, 0.2) is 0 Å². The SMILES string of the molecule is O=C1CCCN1CCN1CCCC(O)(CO)CC1. The summed E-state index contributed by atoms with van der Waals surface area (Å²) in [6, 6.07) is 0. The van der Waals surface area contributed by atoms with Gasteiger partial charge < -0.3 is 20.0 Å². The number of amides is 1. The molecule has 0 aromatic heterocycles. The van der Waals surface area contributed by atoms with Crippen molar-refractivity contribution in [3.05, 3.63) is 0 Å². The van der Waals surface area contributed by atoms with Gasteiger partial charge in [-0.05, 0) is 32.2 Å². The smallest absolute Gasteiger partial charge is 0.222 e. The molecule has 2 rings (SSSR count). The predicted molar refractivity (Wildman–Crippen MR) is 68.1 cm³/mol. The van der Waals surface area contributed by atoms with Crippen LogP contribution < -0.4 is 0 Å². The summed E-state index contributed by atoms with van der Waals surface area (Å²) >= 11 is 0. The second-order valence-electron chi connectivity index (χ2n) is 5.56. The molecule has 2 aliphatic rings. The Morgan fingerprint density at radius 2 is 1.94 bits per heavy atom. The van der Waals surface area contributed by atoms with Crippen molar-refractivity contribution in [2.45, 2.75) is 37.7 Å². The first-order valence-corrected chi connectivity index (χ1v) is 6.96. The lowest BCUT2D eigenvalue weighted by Crippen LogP contribution is -2.38. The third-order valence-corrected chi connectivity index (χ3v) is 4.16. The predicted octanol–water partition coefficient (Wildman–Crippen LogP) is -0.182. The van der Waals surface area contributed by atoms with Gasteiger partial charge in [0.25, 0.3) is 0 Å². The van der Waals surface area contributed by atoms with Crippen LogP contribution in [0.5, 0.6) is 0 Å². The standard InChI is InChI=1S/C13H24N2O3/c16-11-13(18)4-2-6-14(8-5-13)9-10-15-7-1-3-12(15)17/h16,18H,1-11H2. The van der Waals surface area contributed by atoms with Crippen molar-refractivity contribution in [2.24, 2.45) is 0 Å². The van der Waals surface area contributed by atoms with Gasteiger partial charge in [-0.25, -0.2) is 0 Å². The van der Waals surface area contributed by atoms with Crippen molar-refractivity contribution in [3.63, 3.8) is 0 Å². The largest absolute Gasteiger partial charge is 0.393 e. The molecule has 2 aliphatic heterocycles. The zero-order valence-electron chi connectivity index (χ0n) is 11.0. The van der Waals surface area contributed by atoms with E-state index in [1.165, 1.54) is 0 Å². The Balaban J connectivity index is 1.75. The van der Waals surface area contributed by atoms with E-state index in [1.54, 1.807) is 0 Å². The second-order valence-corrected chi connectivity index (χ2v) is 5.56. The molecule has 2 heterocycles. The summed E-state index contributed by atoms with van der Waals surface area (Å²) in [6.45, 7) is 4.19. The molecule has 0 aliphatic carbocycles. The van der Waals surface area contributed by atoms with Crippen LogP contribution in [0.25, 0.3) is 0 Å². The molecule has 2 fully saturated rings. The number of hydrogen-bond acceptors (Lipinski definition) is 4. The number of aliphatic hydroxyl groups excluding tert-OH is 1. The fourth-order valence-corrected chi connectivity index (χ4v) is 2.82. The summed E-state index contributed by atoms with van der Waals surface area (Å²) in [5.74, 6) is 0.275. The van der Waals surface area contributed by atoms with Gasteiger partial charge in [0.05, 0.1) is 12.2 Å². The molecule has 0 bridgehead atoms.